The van der Waals surface area contributed by atoms with Crippen molar-refractivity contribution in [2.75, 3.05) is 26.3 Å². The summed E-state index contributed by atoms with van der Waals surface area (Å²) in [6, 6.07) is -0.669. The summed E-state index contributed by atoms with van der Waals surface area (Å²) < 4.78 is 12.6. The van der Waals surface area contributed by atoms with Gasteiger partial charge in [0.1, 0.15) is 23.2 Å². The zero-order valence-corrected chi connectivity index (χ0v) is 21.4. The summed E-state index contributed by atoms with van der Waals surface area (Å²) in [6.45, 7) is 3.14. The lowest BCUT2D eigenvalue weighted by atomic mass is 9.73. The van der Waals surface area contributed by atoms with E-state index >= 15 is 0 Å². The zero-order chi connectivity index (χ0) is 25.3. The number of cyclic esters (lactones) is 1. The third-order valence-electron chi connectivity index (χ3n) is 8.99. The predicted molar refractivity (Wildman–Crippen MR) is 133 cm³/mol. The van der Waals surface area contributed by atoms with Crippen LogP contribution in [0.1, 0.15) is 71.1 Å². The molecular weight excluding hydrogens is 460 g/mol. The standard InChI is InChI=1S/C28H40N2O6/c1-2-27-14-7-4-10-19-35-26(34)22(27)21-24(32)30(16-8-9-18-31)23-25(33)29(20-12-5-3-6-13-20)17-11-15-28(21,23)36-27/h7,11,14-15,20-23,31H,2-6,8-10,12-13,16-19H2,1H3/b14-7-/t21-,22+,23?,27-,28-/m0/s1. The molecule has 4 heterocycles. The molecule has 1 unspecified atom stereocenters. The first-order valence-corrected chi connectivity index (χ1v) is 13.9. The molecule has 5 rings (SSSR count). The SMILES string of the molecule is CC[C@]12/C=C\CCCOC(=O)[C@H]1[C@H]1C(=O)N(CCCCO)C3C(=O)N(C4CCCCC4)CC=C[C@@]31O2. The number of hydrogen-bond donors (Lipinski definition) is 1. The summed E-state index contributed by atoms with van der Waals surface area (Å²) in [6.07, 6.45) is 16.3. The van der Waals surface area contributed by atoms with E-state index in [1.807, 2.05) is 36.1 Å². The molecule has 4 aliphatic heterocycles. The normalized spacial score (nSPS) is 37.9. The summed E-state index contributed by atoms with van der Waals surface area (Å²) in [5.41, 5.74) is -2.22. The van der Waals surface area contributed by atoms with Crippen LogP contribution in [-0.4, -0.2) is 82.3 Å². The zero-order valence-electron chi connectivity index (χ0n) is 21.4. The first-order valence-electron chi connectivity index (χ1n) is 13.9. The molecule has 5 aliphatic rings. The van der Waals surface area contributed by atoms with Crippen LogP contribution >= 0.6 is 0 Å². The van der Waals surface area contributed by atoms with Crippen molar-refractivity contribution in [3.63, 3.8) is 0 Å². The predicted octanol–water partition coefficient (Wildman–Crippen LogP) is 2.74. The van der Waals surface area contributed by atoms with Gasteiger partial charge in [0, 0.05) is 25.7 Å². The number of esters is 1. The summed E-state index contributed by atoms with van der Waals surface area (Å²) in [4.78, 5) is 45.6. The number of allylic oxidation sites excluding steroid dienone is 1. The molecule has 0 aromatic rings. The van der Waals surface area contributed by atoms with Crippen LogP contribution in [0.25, 0.3) is 0 Å². The van der Waals surface area contributed by atoms with Gasteiger partial charge in [0.2, 0.25) is 11.8 Å². The minimum absolute atomic E-state index is 0.0263. The van der Waals surface area contributed by atoms with Crippen molar-refractivity contribution in [1.29, 1.82) is 0 Å². The van der Waals surface area contributed by atoms with Crippen molar-refractivity contribution >= 4 is 17.8 Å². The highest BCUT2D eigenvalue weighted by molar-refractivity contribution is 5.99. The summed E-state index contributed by atoms with van der Waals surface area (Å²) >= 11 is 0. The van der Waals surface area contributed by atoms with Crippen molar-refractivity contribution in [2.45, 2.75) is 94.4 Å². The number of aliphatic hydroxyl groups excluding tert-OH is 1. The first kappa shape index (κ1) is 25.5. The molecule has 1 spiro atoms. The van der Waals surface area contributed by atoms with Crippen LogP contribution in [0, 0.1) is 11.8 Å². The molecule has 1 saturated carbocycles. The van der Waals surface area contributed by atoms with Gasteiger partial charge in [-0.2, -0.15) is 0 Å². The highest BCUT2D eigenvalue weighted by Gasteiger charge is 2.75. The fourth-order valence-corrected chi connectivity index (χ4v) is 7.25. The Morgan fingerprint density at radius 1 is 1.00 bits per heavy atom. The van der Waals surface area contributed by atoms with Crippen LogP contribution in [0.15, 0.2) is 24.3 Å². The van der Waals surface area contributed by atoms with Gasteiger partial charge < -0.3 is 24.4 Å². The molecule has 2 amide bonds. The molecule has 5 atom stereocenters. The number of hydrogen-bond acceptors (Lipinski definition) is 6. The van der Waals surface area contributed by atoms with Gasteiger partial charge >= 0.3 is 5.97 Å². The number of carbonyl (C=O) groups excluding carboxylic acids is 3. The van der Waals surface area contributed by atoms with Crippen LogP contribution in [0.5, 0.6) is 0 Å². The third-order valence-corrected chi connectivity index (χ3v) is 8.99. The maximum atomic E-state index is 14.4. The Hall–Kier alpha value is -2.19. The van der Waals surface area contributed by atoms with Crippen LogP contribution in [0.3, 0.4) is 0 Å². The Bertz CT molecular complexity index is 927. The van der Waals surface area contributed by atoms with Crippen LogP contribution in [-0.2, 0) is 23.9 Å². The van der Waals surface area contributed by atoms with Crippen LogP contribution < -0.4 is 0 Å². The number of nitrogens with zero attached hydrogens (tertiary/aromatic N) is 2. The fourth-order valence-electron chi connectivity index (χ4n) is 7.25. The molecule has 0 aromatic carbocycles. The van der Waals surface area contributed by atoms with Gasteiger partial charge in [0.15, 0.2) is 0 Å². The second-order valence-electron chi connectivity index (χ2n) is 11.0. The summed E-state index contributed by atoms with van der Waals surface area (Å²) in [5, 5.41) is 9.36. The van der Waals surface area contributed by atoms with Gasteiger partial charge in [-0.3, -0.25) is 14.4 Å². The van der Waals surface area contributed by atoms with E-state index in [-0.39, 0.29) is 24.5 Å². The molecule has 8 nitrogen and oxygen atoms in total. The largest absolute Gasteiger partial charge is 0.465 e. The van der Waals surface area contributed by atoms with Gasteiger partial charge in [0.25, 0.3) is 0 Å². The molecule has 198 valence electrons. The second-order valence-corrected chi connectivity index (χ2v) is 11.0. The quantitative estimate of drug-likeness (QED) is 0.342. The number of aliphatic hydroxyl groups is 1. The number of carbonyl (C=O) groups is 3. The molecule has 0 aromatic heterocycles. The number of likely N-dealkylation sites (tertiary alicyclic amines) is 1. The monoisotopic (exact) mass is 500 g/mol. The van der Waals surface area contributed by atoms with E-state index in [1.54, 1.807) is 4.90 Å². The number of ether oxygens (including phenoxy) is 2. The number of unbranched alkanes of at least 4 members (excludes halogenated alkanes) is 1. The average Bonchev–Trinajstić information content (AvgIpc) is 3.26. The fraction of sp³-hybridized carbons (Fsp3) is 0.750. The van der Waals surface area contributed by atoms with Gasteiger partial charge in [-0.05, 0) is 44.9 Å². The lowest BCUT2D eigenvalue weighted by Gasteiger charge is -2.40. The Morgan fingerprint density at radius 2 is 1.81 bits per heavy atom. The van der Waals surface area contributed by atoms with E-state index in [1.165, 1.54) is 6.42 Å². The van der Waals surface area contributed by atoms with E-state index in [2.05, 4.69) is 0 Å². The molecule has 36 heavy (non-hydrogen) atoms. The molecule has 1 aliphatic carbocycles. The molecule has 1 N–H and O–H groups in total. The molecular formula is C28H40N2O6. The Kier molecular flexibility index (Phi) is 7.27. The van der Waals surface area contributed by atoms with Gasteiger partial charge in [-0.25, -0.2) is 0 Å². The lowest BCUT2D eigenvalue weighted by molar-refractivity contribution is -0.161. The lowest BCUT2D eigenvalue weighted by Crippen LogP contribution is -2.57. The van der Waals surface area contributed by atoms with E-state index in [4.69, 9.17) is 9.47 Å². The Labute approximate surface area is 213 Å². The van der Waals surface area contributed by atoms with Crippen LogP contribution in [0.4, 0.5) is 0 Å². The van der Waals surface area contributed by atoms with Gasteiger partial charge in [-0.15, -0.1) is 0 Å². The van der Waals surface area contributed by atoms with Gasteiger partial charge in [0.05, 0.1) is 12.5 Å². The maximum Gasteiger partial charge on any atom is 0.313 e. The van der Waals surface area contributed by atoms with Crippen molar-refractivity contribution in [3.8, 4) is 0 Å². The maximum absolute atomic E-state index is 14.4. The highest BCUT2D eigenvalue weighted by Crippen LogP contribution is 2.58. The van der Waals surface area contributed by atoms with E-state index in [0.717, 1.165) is 38.5 Å². The van der Waals surface area contributed by atoms with E-state index in [0.29, 0.717) is 39.0 Å². The molecule has 2 saturated heterocycles. The summed E-state index contributed by atoms with van der Waals surface area (Å²) in [7, 11) is 0. The Balaban J connectivity index is 1.60. The van der Waals surface area contributed by atoms with E-state index < -0.39 is 35.0 Å². The second kappa shape index (κ2) is 10.3. The van der Waals surface area contributed by atoms with Crippen molar-refractivity contribution in [1.82, 2.24) is 9.80 Å². The topological polar surface area (TPSA) is 96.4 Å². The highest BCUT2D eigenvalue weighted by atomic mass is 16.6. The summed E-state index contributed by atoms with van der Waals surface area (Å²) in [5.74, 6) is -2.34. The van der Waals surface area contributed by atoms with E-state index in [9.17, 15) is 19.5 Å². The minimum atomic E-state index is -1.22. The Morgan fingerprint density at radius 3 is 2.56 bits per heavy atom. The minimum Gasteiger partial charge on any atom is -0.465 e. The number of amides is 2. The molecule has 8 heteroatoms. The average molecular weight is 501 g/mol. The molecule has 0 radical (unpaired) electrons. The van der Waals surface area contributed by atoms with Crippen molar-refractivity contribution in [3.05, 3.63) is 24.3 Å². The number of rotatable bonds is 6. The molecule has 0 bridgehead atoms. The third kappa shape index (κ3) is 4.01. The van der Waals surface area contributed by atoms with Crippen molar-refractivity contribution in [2.24, 2.45) is 11.8 Å². The first-order chi connectivity index (χ1) is 17.5. The van der Waals surface area contributed by atoms with Gasteiger partial charge in [-0.1, -0.05) is 50.5 Å². The smallest absolute Gasteiger partial charge is 0.313 e. The molecule has 3 fully saturated rings. The number of fused-ring (bicyclic) bond motifs is 2. The van der Waals surface area contributed by atoms with Crippen LogP contribution in [0.2, 0.25) is 0 Å². The van der Waals surface area contributed by atoms with Crippen molar-refractivity contribution < 1.29 is 29.0 Å².